The molecule has 1 fully saturated rings. The van der Waals surface area contributed by atoms with Crippen molar-refractivity contribution in [1.29, 1.82) is 0 Å². The van der Waals surface area contributed by atoms with Crippen LogP contribution in [0.25, 0.3) is 5.76 Å². The van der Waals surface area contributed by atoms with Gasteiger partial charge in [-0.05, 0) is 66.9 Å². The maximum Gasteiger partial charge on any atom is 0.300 e. The first-order valence-corrected chi connectivity index (χ1v) is 9.80. The highest BCUT2D eigenvalue weighted by Crippen LogP contribution is 2.42. The van der Waals surface area contributed by atoms with Crippen LogP contribution < -0.4 is 4.90 Å². The first-order chi connectivity index (χ1) is 14.4. The van der Waals surface area contributed by atoms with E-state index in [1.165, 1.54) is 4.90 Å². The van der Waals surface area contributed by atoms with Crippen LogP contribution in [0.2, 0.25) is 5.02 Å². The van der Waals surface area contributed by atoms with Gasteiger partial charge in [0.1, 0.15) is 5.76 Å². The number of Topliss-reactive ketones (excluding diaryl/α,β-unsaturated/α-hetero) is 1. The molecule has 1 amide bonds. The smallest absolute Gasteiger partial charge is 0.300 e. The number of aryl methyl sites for hydroxylation is 2. The number of aliphatic hydroxyl groups is 1. The average molecular weight is 419 g/mol. The molecule has 150 valence electrons. The summed E-state index contributed by atoms with van der Waals surface area (Å²) in [4.78, 5) is 31.5. The summed E-state index contributed by atoms with van der Waals surface area (Å²) < 4.78 is 0. The van der Waals surface area contributed by atoms with Gasteiger partial charge in [0, 0.05) is 28.7 Å². The number of anilines is 1. The van der Waals surface area contributed by atoms with Crippen molar-refractivity contribution < 1.29 is 14.7 Å². The SMILES string of the molecule is Cc1ccc(/C(O)=C2\C(=O)C(=O)N(c3cccc(Cl)c3)C2c2ccncc2)cc1C. The van der Waals surface area contributed by atoms with Crippen LogP contribution in [-0.4, -0.2) is 21.8 Å². The number of carbonyl (C=O) groups is 2. The highest BCUT2D eigenvalue weighted by Gasteiger charge is 2.47. The molecule has 4 rings (SSSR count). The van der Waals surface area contributed by atoms with Crippen LogP contribution in [-0.2, 0) is 9.59 Å². The van der Waals surface area contributed by atoms with Crippen molar-refractivity contribution in [3.05, 3.63) is 99.8 Å². The average Bonchev–Trinajstić information content (AvgIpc) is 3.01. The van der Waals surface area contributed by atoms with E-state index in [4.69, 9.17) is 11.6 Å². The Bertz CT molecular complexity index is 1190. The molecule has 0 aliphatic carbocycles. The summed E-state index contributed by atoms with van der Waals surface area (Å²) in [7, 11) is 0. The number of benzene rings is 2. The van der Waals surface area contributed by atoms with Gasteiger partial charge in [0.15, 0.2) is 0 Å². The normalized spacial score (nSPS) is 18.1. The van der Waals surface area contributed by atoms with E-state index in [-0.39, 0.29) is 11.3 Å². The first-order valence-electron chi connectivity index (χ1n) is 9.42. The number of rotatable bonds is 3. The van der Waals surface area contributed by atoms with E-state index in [0.29, 0.717) is 21.8 Å². The predicted molar refractivity (Wildman–Crippen MR) is 116 cm³/mol. The van der Waals surface area contributed by atoms with E-state index < -0.39 is 17.7 Å². The van der Waals surface area contributed by atoms with Crippen molar-refractivity contribution >= 4 is 34.7 Å². The van der Waals surface area contributed by atoms with Gasteiger partial charge in [0.25, 0.3) is 11.7 Å². The van der Waals surface area contributed by atoms with Crippen molar-refractivity contribution in [3.8, 4) is 0 Å². The summed E-state index contributed by atoms with van der Waals surface area (Å²) in [5, 5.41) is 11.6. The second-order valence-electron chi connectivity index (χ2n) is 7.23. The maximum absolute atomic E-state index is 13.1. The minimum atomic E-state index is -0.798. The van der Waals surface area contributed by atoms with Crippen LogP contribution in [0.5, 0.6) is 0 Å². The molecule has 0 radical (unpaired) electrons. The summed E-state index contributed by atoms with van der Waals surface area (Å²) in [5.74, 6) is -1.67. The number of pyridine rings is 1. The summed E-state index contributed by atoms with van der Waals surface area (Å²) in [6, 6.07) is 14.8. The van der Waals surface area contributed by atoms with Crippen LogP contribution in [0.15, 0.2) is 72.6 Å². The molecule has 2 heterocycles. The minimum absolute atomic E-state index is 0.0365. The van der Waals surface area contributed by atoms with Gasteiger partial charge < -0.3 is 5.11 Å². The van der Waals surface area contributed by atoms with Gasteiger partial charge in [-0.15, -0.1) is 0 Å². The van der Waals surface area contributed by atoms with Gasteiger partial charge in [-0.2, -0.15) is 0 Å². The molecule has 1 aliphatic rings. The zero-order valence-corrected chi connectivity index (χ0v) is 17.2. The van der Waals surface area contributed by atoms with E-state index in [2.05, 4.69) is 4.98 Å². The highest BCUT2D eigenvalue weighted by molar-refractivity contribution is 6.51. The zero-order chi connectivity index (χ0) is 21.4. The topological polar surface area (TPSA) is 70.5 Å². The quantitative estimate of drug-likeness (QED) is 0.370. The van der Waals surface area contributed by atoms with Crippen molar-refractivity contribution in [2.75, 3.05) is 4.90 Å². The summed E-state index contributed by atoms with van der Waals surface area (Å²) in [6.45, 7) is 3.89. The van der Waals surface area contributed by atoms with E-state index in [9.17, 15) is 14.7 Å². The van der Waals surface area contributed by atoms with Crippen LogP contribution in [0.1, 0.15) is 28.3 Å². The van der Waals surface area contributed by atoms with Gasteiger partial charge in [0.05, 0.1) is 11.6 Å². The van der Waals surface area contributed by atoms with Gasteiger partial charge in [-0.25, -0.2) is 0 Å². The lowest BCUT2D eigenvalue weighted by molar-refractivity contribution is -0.132. The Kier molecular flexibility index (Phi) is 5.14. The molecule has 1 aliphatic heterocycles. The number of aromatic nitrogens is 1. The van der Waals surface area contributed by atoms with E-state index in [1.54, 1.807) is 60.9 Å². The fourth-order valence-corrected chi connectivity index (χ4v) is 3.81. The molecule has 0 saturated carbocycles. The number of ketones is 1. The molecule has 3 aromatic rings. The number of halogens is 1. The van der Waals surface area contributed by atoms with Crippen LogP contribution in [0.4, 0.5) is 5.69 Å². The molecule has 1 N–H and O–H groups in total. The highest BCUT2D eigenvalue weighted by atomic mass is 35.5. The van der Waals surface area contributed by atoms with E-state index in [1.807, 2.05) is 19.9 Å². The molecule has 1 aromatic heterocycles. The lowest BCUT2D eigenvalue weighted by Gasteiger charge is -2.25. The standard InChI is InChI=1S/C24H19ClN2O3/c1-14-6-7-17(12-15(14)2)22(28)20-21(16-8-10-26-11-9-16)27(24(30)23(20)29)19-5-3-4-18(25)13-19/h3-13,21,28H,1-2H3/b22-20+. The third kappa shape index (κ3) is 3.37. The maximum atomic E-state index is 13.1. The lowest BCUT2D eigenvalue weighted by Crippen LogP contribution is -2.29. The second kappa shape index (κ2) is 7.76. The third-order valence-electron chi connectivity index (χ3n) is 5.33. The third-order valence-corrected chi connectivity index (χ3v) is 5.57. The summed E-state index contributed by atoms with van der Waals surface area (Å²) in [6.07, 6.45) is 3.17. The summed E-state index contributed by atoms with van der Waals surface area (Å²) in [5.41, 5.74) is 3.70. The number of hydrogen-bond donors (Lipinski definition) is 1. The molecule has 6 heteroatoms. The van der Waals surface area contributed by atoms with Gasteiger partial charge in [0.2, 0.25) is 0 Å². The van der Waals surface area contributed by atoms with E-state index >= 15 is 0 Å². The largest absolute Gasteiger partial charge is 0.507 e. The molecule has 2 aromatic carbocycles. The van der Waals surface area contributed by atoms with Crippen LogP contribution in [0, 0.1) is 13.8 Å². The van der Waals surface area contributed by atoms with Crippen molar-refractivity contribution in [1.82, 2.24) is 4.98 Å². The Morgan fingerprint density at radius 1 is 1.00 bits per heavy atom. The Labute approximate surface area is 179 Å². The summed E-state index contributed by atoms with van der Waals surface area (Å²) >= 11 is 6.13. The van der Waals surface area contributed by atoms with Crippen molar-refractivity contribution in [3.63, 3.8) is 0 Å². The molecule has 0 spiro atoms. The van der Waals surface area contributed by atoms with Gasteiger partial charge >= 0.3 is 0 Å². The predicted octanol–water partition coefficient (Wildman–Crippen LogP) is 4.98. The molecule has 30 heavy (non-hydrogen) atoms. The number of hydrogen-bond acceptors (Lipinski definition) is 4. The first kappa shape index (κ1) is 19.9. The zero-order valence-electron chi connectivity index (χ0n) is 16.5. The van der Waals surface area contributed by atoms with E-state index in [0.717, 1.165) is 11.1 Å². The number of amides is 1. The molecule has 5 nitrogen and oxygen atoms in total. The number of aliphatic hydroxyl groups excluding tert-OH is 1. The molecule has 1 unspecified atom stereocenters. The van der Waals surface area contributed by atoms with Crippen LogP contribution >= 0.6 is 11.6 Å². The molecule has 1 atom stereocenters. The Morgan fingerprint density at radius 2 is 1.73 bits per heavy atom. The fourth-order valence-electron chi connectivity index (χ4n) is 3.63. The second-order valence-corrected chi connectivity index (χ2v) is 7.66. The molecule has 1 saturated heterocycles. The fraction of sp³-hybridized carbons (Fsp3) is 0.125. The van der Waals surface area contributed by atoms with Crippen molar-refractivity contribution in [2.45, 2.75) is 19.9 Å². The molecule has 0 bridgehead atoms. The minimum Gasteiger partial charge on any atom is -0.507 e. The van der Waals surface area contributed by atoms with Crippen LogP contribution in [0.3, 0.4) is 0 Å². The Morgan fingerprint density at radius 3 is 2.40 bits per heavy atom. The number of carbonyl (C=O) groups excluding carboxylic acids is 2. The number of nitrogens with zero attached hydrogens (tertiary/aromatic N) is 2. The Balaban J connectivity index is 1.95. The monoisotopic (exact) mass is 418 g/mol. The van der Waals surface area contributed by atoms with Crippen molar-refractivity contribution in [2.24, 2.45) is 0 Å². The Hall–Kier alpha value is -3.44. The van der Waals surface area contributed by atoms with Gasteiger partial charge in [-0.1, -0.05) is 29.8 Å². The van der Waals surface area contributed by atoms with Gasteiger partial charge in [-0.3, -0.25) is 19.5 Å². The molecular weight excluding hydrogens is 400 g/mol. The lowest BCUT2D eigenvalue weighted by atomic mass is 9.94. The molecular formula is C24H19ClN2O3.